The highest BCUT2D eigenvalue weighted by Crippen LogP contribution is 2.26. The summed E-state index contributed by atoms with van der Waals surface area (Å²) < 4.78 is 28.1. The molecule has 0 heterocycles. The number of benzene rings is 2. The summed E-state index contributed by atoms with van der Waals surface area (Å²) in [4.78, 5) is 10.3. The summed E-state index contributed by atoms with van der Waals surface area (Å²) in [7, 11) is -3.93. The van der Waals surface area contributed by atoms with Gasteiger partial charge in [-0.3, -0.25) is 10.1 Å². The minimum Gasteiger partial charge on any atom is -0.258 e. The Hall–Kier alpha value is -1.77. The van der Waals surface area contributed by atoms with Crippen molar-refractivity contribution in [3.8, 4) is 0 Å². The van der Waals surface area contributed by atoms with Crippen molar-refractivity contribution >= 4 is 31.6 Å². The number of hydrogen-bond acceptors (Lipinski definition) is 4. The monoisotopic (exact) mass is 426 g/mol. The van der Waals surface area contributed by atoms with Crippen LogP contribution in [0.3, 0.4) is 0 Å². The highest BCUT2D eigenvalue weighted by molar-refractivity contribution is 9.10. The lowest BCUT2D eigenvalue weighted by atomic mass is 10.1. The molecular formula is C17H19BrN2O4S. The fourth-order valence-corrected chi connectivity index (χ4v) is 4.43. The summed E-state index contributed by atoms with van der Waals surface area (Å²) >= 11 is 3.36. The minimum atomic E-state index is -3.93. The van der Waals surface area contributed by atoms with Crippen molar-refractivity contribution in [2.24, 2.45) is 0 Å². The SMILES string of the molecule is CCCN(CCc1ccc(Br)cc1)S(=O)(=O)c1ccccc1[N+](=O)[O-]. The topological polar surface area (TPSA) is 80.5 Å². The zero-order chi connectivity index (χ0) is 18.4. The molecule has 0 radical (unpaired) electrons. The van der Waals surface area contributed by atoms with Gasteiger partial charge in [0.05, 0.1) is 4.92 Å². The molecule has 0 aliphatic rings. The van der Waals surface area contributed by atoms with Gasteiger partial charge in [0.1, 0.15) is 0 Å². The van der Waals surface area contributed by atoms with Gasteiger partial charge < -0.3 is 0 Å². The van der Waals surface area contributed by atoms with Crippen LogP contribution in [-0.2, 0) is 16.4 Å². The molecule has 25 heavy (non-hydrogen) atoms. The number of nitrogens with zero attached hydrogens (tertiary/aromatic N) is 2. The molecule has 6 nitrogen and oxygen atoms in total. The maximum absolute atomic E-state index is 12.9. The normalized spacial score (nSPS) is 11.6. The fraction of sp³-hybridized carbons (Fsp3) is 0.294. The van der Waals surface area contributed by atoms with Gasteiger partial charge in [0.15, 0.2) is 4.90 Å². The van der Waals surface area contributed by atoms with Crippen LogP contribution in [0.15, 0.2) is 57.9 Å². The average Bonchev–Trinajstić information content (AvgIpc) is 2.59. The van der Waals surface area contributed by atoms with Gasteiger partial charge in [-0.15, -0.1) is 0 Å². The smallest absolute Gasteiger partial charge is 0.258 e. The molecule has 0 saturated carbocycles. The number of nitro groups is 1. The molecule has 0 atom stereocenters. The Morgan fingerprint density at radius 2 is 1.72 bits per heavy atom. The predicted octanol–water partition coefficient (Wildman–Crippen LogP) is 4.00. The molecule has 0 spiro atoms. The highest BCUT2D eigenvalue weighted by atomic mass is 79.9. The third-order valence-corrected chi connectivity index (χ3v) is 6.19. The Bertz CT molecular complexity index is 838. The van der Waals surface area contributed by atoms with Crippen molar-refractivity contribution in [1.29, 1.82) is 0 Å². The molecule has 0 N–H and O–H groups in total. The van der Waals surface area contributed by atoms with E-state index in [1.807, 2.05) is 31.2 Å². The minimum absolute atomic E-state index is 0.260. The zero-order valence-corrected chi connectivity index (χ0v) is 16.2. The van der Waals surface area contributed by atoms with E-state index in [0.717, 1.165) is 10.0 Å². The first-order chi connectivity index (χ1) is 11.9. The molecule has 2 rings (SSSR count). The first-order valence-corrected chi connectivity index (χ1v) is 10.1. The number of halogens is 1. The van der Waals surface area contributed by atoms with E-state index in [2.05, 4.69) is 15.9 Å². The van der Waals surface area contributed by atoms with Crippen LogP contribution in [0.2, 0.25) is 0 Å². The van der Waals surface area contributed by atoms with Gasteiger partial charge in [-0.1, -0.05) is 47.1 Å². The number of rotatable bonds is 8. The van der Waals surface area contributed by atoms with Gasteiger partial charge in [-0.25, -0.2) is 8.42 Å². The average molecular weight is 427 g/mol. The highest BCUT2D eigenvalue weighted by Gasteiger charge is 2.30. The molecule has 0 saturated heterocycles. The molecule has 0 bridgehead atoms. The van der Waals surface area contributed by atoms with E-state index in [-0.39, 0.29) is 11.4 Å². The number of hydrogen-bond donors (Lipinski definition) is 0. The molecule has 0 aliphatic carbocycles. The molecule has 134 valence electrons. The Labute approximate surface area is 155 Å². The fourth-order valence-electron chi connectivity index (χ4n) is 2.47. The van der Waals surface area contributed by atoms with Gasteiger partial charge in [-0.2, -0.15) is 4.31 Å². The molecule has 2 aromatic carbocycles. The summed E-state index contributed by atoms with van der Waals surface area (Å²) in [5, 5.41) is 11.2. The lowest BCUT2D eigenvalue weighted by molar-refractivity contribution is -0.387. The summed E-state index contributed by atoms with van der Waals surface area (Å²) in [6, 6.07) is 13.1. The molecule has 0 aliphatic heterocycles. The van der Waals surface area contributed by atoms with E-state index in [9.17, 15) is 18.5 Å². The van der Waals surface area contributed by atoms with Crippen LogP contribution in [0.5, 0.6) is 0 Å². The Morgan fingerprint density at radius 1 is 1.08 bits per heavy atom. The maximum Gasteiger partial charge on any atom is 0.289 e. The van der Waals surface area contributed by atoms with Crippen LogP contribution in [0.25, 0.3) is 0 Å². The Balaban J connectivity index is 2.28. The van der Waals surface area contributed by atoms with E-state index < -0.39 is 20.6 Å². The van der Waals surface area contributed by atoms with Crippen LogP contribution in [0.1, 0.15) is 18.9 Å². The lowest BCUT2D eigenvalue weighted by Gasteiger charge is -2.21. The molecule has 0 unspecified atom stereocenters. The third-order valence-electron chi connectivity index (χ3n) is 3.72. The van der Waals surface area contributed by atoms with Crippen molar-refractivity contribution < 1.29 is 13.3 Å². The van der Waals surface area contributed by atoms with Crippen molar-refractivity contribution in [2.75, 3.05) is 13.1 Å². The first kappa shape index (κ1) is 19.6. The van der Waals surface area contributed by atoms with E-state index in [1.54, 1.807) is 0 Å². The second-order valence-electron chi connectivity index (χ2n) is 5.51. The van der Waals surface area contributed by atoms with Crippen LogP contribution in [0.4, 0.5) is 5.69 Å². The zero-order valence-electron chi connectivity index (χ0n) is 13.8. The molecule has 2 aromatic rings. The van der Waals surface area contributed by atoms with E-state index in [0.29, 0.717) is 19.4 Å². The summed E-state index contributed by atoms with van der Waals surface area (Å²) in [5.74, 6) is 0. The van der Waals surface area contributed by atoms with E-state index in [1.165, 1.54) is 28.6 Å². The van der Waals surface area contributed by atoms with Gasteiger partial charge in [0.2, 0.25) is 10.0 Å². The first-order valence-electron chi connectivity index (χ1n) is 7.84. The molecular weight excluding hydrogens is 408 g/mol. The predicted molar refractivity (Wildman–Crippen MR) is 100.0 cm³/mol. The molecule has 0 fully saturated rings. The van der Waals surface area contributed by atoms with Gasteiger partial charge in [0, 0.05) is 23.6 Å². The largest absolute Gasteiger partial charge is 0.289 e. The van der Waals surface area contributed by atoms with Crippen LogP contribution in [0, 0.1) is 10.1 Å². The van der Waals surface area contributed by atoms with Crippen LogP contribution >= 0.6 is 15.9 Å². The van der Waals surface area contributed by atoms with Crippen molar-refractivity contribution in [3.05, 3.63) is 68.7 Å². The number of para-hydroxylation sites is 1. The van der Waals surface area contributed by atoms with Crippen molar-refractivity contribution in [2.45, 2.75) is 24.7 Å². The van der Waals surface area contributed by atoms with Gasteiger partial charge in [0.25, 0.3) is 5.69 Å². The van der Waals surface area contributed by atoms with Crippen LogP contribution < -0.4 is 0 Å². The Kier molecular flexibility index (Phi) is 6.69. The standard InChI is InChI=1S/C17H19BrN2O4S/c1-2-12-19(13-11-14-7-9-15(18)10-8-14)25(23,24)17-6-4-3-5-16(17)20(21)22/h3-10H,2,11-13H2,1H3. The Morgan fingerprint density at radius 3 is 2.32 bits per heavy atom. The second-order valence-corrected chi connectivity index (χ2v) is 8.33. The number of sulfonamides is 1. The van der Waals surface area contributed by atoms with E-state index >= 15 is 0 Å². The lowest BCUT2D eigenvalue weighted by Crippen LogP contribution is -2.34. The second kappa shape index (κ2) is 8.55. The van der Waals surface area contributed by atoms with Gasteiger partial charge >= 0.3 is 0 Å². The number of nitro benzene ring substituents is 1. The molecule has 0 aromatic heterocycles. The van der Waals surface area contributed by atoms with Gasteiger partial charge in [-0.05, 0) is 36.6 Å². The molecule has 0 amide bonds. The summed E-state index contributed by atoms with van der Waals surface area (Å²) in [6.07, 6.45) is 1.16. The quantitative estimate of drug-likeness (QED) is 0.471. The summed E-state index contributed by atoms with van der Waals surface area (Å²) in [5.41, 5.74) is 0.606. The van der Waals surface area contributed by atoms with Crippen molar-refractivity contribution in [3.63, 3.8) is 0 Å². The summed E-state index contributed by atoms with van der Waals surface area (Å²) in [6.45, 7) is 2.45. The third kappa shape index (κ3) is 4.87. The van der Waals surface area contributed by atoms with Crippen LogP contribution in [-0.4, -0.2) is 30.7 Å². The molecule has 8 heteroatoms. The maximum atomic E-state index is 12.9. The van der Waals surface area contributed by atoms with Crippen molar-refractivity contribution in [1.82, 2.24) is 4.31 Å². The van der Waals surface area contributed by atoms with E-state index in [4.69, 9.17) is 0 Å².